The molecular formula is C27H32N6O2. The molecular weight excluding hydrogens is 440 g/mol. The highest BCUT2D eigenvalue weighted by Gasteiger charge is 2.21. The predicted octanol–water partition coefficient (Wildman–Crippen LogP) is 4.27. The predicted molar refractivity (Wildman–Crippen MR) is 137 cm³/mol. The fourth-order valence-electron chi connectivity index (χ4n) is 4.61. The summed E-state index contributed by atoms with van der Waals surface area (Å²) >= 11 is 0. The van der Waals surface area contributed by atoms with Gasteiger partial charge in [-0.05, 0) is 48.6 Å². The Morgan fingerprint density at radius 1 is 1.11 bits per heavy atom. The molecule has 1 saturated heterocycles. The zero-order chi connectivity index (χ0) is 24.2. The molecule has 8 nitrogen and oxygen atoms in total. The van der Waals surface area contributed by atoms with Gasteiger partial charge < -0.3 is 15.4 Å². The van der Waals surface area contributed by atoms with Gasteiger partial charge in [-0.2, -0.15) is 10.2 Å². The van der Waals surface area contributed by atoms with E-state index in [9.17, 15) is 4.79 Å². The van der Waals surface area contributed by atoms with Crippen LogP contribution in [0.5, 0.6) is 0 Å². The van der Waals surface area contributed by atoms with Crippen LogP contribution in [0.25, 0.3) is 22.0 Å². The number of ether oxygens (including phenoxy) is 1. The van der Waals surface area contributed by atoms with Gasteiger partial charge in [-0.3, -0.25) is 9.48 Å². The van der Waals surface area contributed by atoms with Crippen molar-refractivity contribution in [3.8, 4) is 11.1 Å². The molecule has 1 amide bonds. The van der Waals surface area contributed by atoms with Crippen molar-refractivity contribution < 1.29 is 9.53 Å². The molecule has 1 fully saturated rings. The maximum atomic E-state index is 11.1. The maximum absolute atomic E-state index is 11.1. The van der Waals surface area contributed by atoms with Gasteiger partial charge in [0.1, 0.15) is 0 Å². The lowest BCUT2D eigenvalue weighted by Gasteiger charge is -2.23. The average Bonchev–Trinajstić information content (AvgIpc) is 3.46. The molecule has 3 heterocycles. The van der Waals surface area contributed by atoms with Crippen LogP contribution in [0.2, 0.25) is 0 Å². The highest BCUT2D eigenvalue weighted by atomic mass is 16.5. The summed E-state index contributed by atoms with van der Waals surface area (Å²) in [6, 6.07) is 15.0. The van der Waals surface area contributed by atoms with Crippen LogP contribution in [-0.4, -0.2) is 45.2 Å². The molecule has 182 valence electrons. The normalized spacial score (nSPS) is 15.9. The number of fused-ring (bicyclic) bond motifs is 1. The number of hydrogen-bond acceptors (Lipinski definition) is 5. The second-order valence-electron chi connectivity index (χ2n) is 9.13. The second kappa shape index (κ2) is 10.3. The maximum Gasteiger partial charge on any atom is 0.216 e. The first-order valence-electron chi connectivity index (χ1n) is 12.3. The van der Waals surface area contributed by atoms with Crippen LogP contribution in [0.1, 0.15) is 43.7 Å². The number of nitrogens with one attached hydrogen (secondary N) is 2. The molecule has 1 aliphatic heterocycles. The Balaban J connectivity index is 1.41. The number of aromatic nitrogens is 4. The molecule has 1 atom stereocenters. The summed E-state index contributed by atoms with van der Waals surface area (Å²) in [4.78, 5) is 11.1. The first-order chi connectivity index (χ1) is 17.1. The van der Waals surface area contributed by atoms with Crippen molar-refractivity contribution in [3.63, 3.8) is 0 Å². The van der Waals surface area contributed by atoms with Crippen molar-refractivity contribution >= 4 is 22.5 Å². The van der Waals surface area contributed by atoms with Gasteiger partial charge >= 0.3 is 0 Å². The van der Waals surface area contributed by atoms with Gasteiger partial charge in [0.2, 0.25) is 5.91 Å². The molecule has 0 spiro atoms. The van der Waals surface area contributed by atoms with Gasteiger partial charge in [-0.1, -0.05) is 24.3 Å². The van der Waals surface area contributed by atoms with Gasteiger partial charge in [0.15, 0.2) is 6.23 Å². The summed E-state index contributed by atoms with van der Waals surface area (Å²) in [6.07, 6.45) is 7.86. The number of benzene rings is 2. The highest BCUT2D eigenvalue weighted by Crippen LogP contribution is 2.31. The first kappa shape index (κ1) is 23.1. The molecule has 0 saturated carbocycles. The van der Waals surface area contributed by atoms with Gasteiger partial charge in [0.25, 0.3) is 0 Å². The Bertz CT molecular complexity index is 1300. The van der Waals surface area contributed by atoms with Gasteiger partial charge in [0, 0.05) is 62.9 Å². The summed E-state index contributed by atoms with van der Waals surface area (Å²) in [5, 5.41) is 16.7. The Labute approximate surface area is 205 Å². The Hall–Kier alpha value is -3.65. The lowest BCUT2D eigenvalue weighted by atomic mass is 10.0. The first-order valence-corrected chi connectivity index (χ1v) is 12.3. The highest BCUT2D eigenvalue weighted by molar-refractivity contribution is 5.86. The smallest absolute Gasteiger partial charge is 0.216 e. The van der Waals surface area contributed by atoms with Crippen LogP contribution < -0.4 is 10.6 Å². The van der Waals surface area contributed by atoms with E-state index in [0.29, 0.717) is 13.1 Å². The summed E-state index contributed by atoms with van der Waals surface area (Å²) in [5.41, 5.74) is 6.61. The van der Waals surface area contributed by atoms with E-state index in [4.69, 9.17) is 9.84 Å². The third-order valence-corrected chi connectivity index (χ3v) is 6.40. The number of hydrogen-bond donors (Lipinski definition) is 2. The summed E-state index contributed by atoms with van der Waals surface area (Å²) in [7, 11) is 1.93. The van der Waals surface area contributed by atoms with Gasteiger partial charge in [0.05, 0.1) is 17.4 Å². The number of carbonyl (C=O) groups excluding carboxylic acids is 1. The minimum Gasteiger partial charge on any atom is -0.383 e. The Morgan fingerprint density at radius 2 is 1.97 bits per heavy atom. The number of anilines is 1. The summed E-state index contributed by atoms with van der Waals surface area (Å²) in [6.45, 7) is 3.55. The number of amides is 1. The van der Waals surface area contributed by atoms with E-state index in [0.717, 1.165) is 65.7 Å². The molecule has 2 aromatic heterocycles. The molecule has 1 aliphatic rings. The standard InChI is InChI=1S/C27H32N6O2/c1-19(34)28-12-13-29-23-10-11-26-24(16-23)25(31-33(26)27-5-3-4-14-35-27)15-20-6-8-21(9-7-20)22-17-30-32(2)18-22/h6-11,16-18,27,29H,3-5,12-15H2,1-2H3,(H,28,34). The number of aryl methyl sites for hydroxylation is 1. The van der Waals surface area contributed by atoms with Gasteiger partial charge in [-0.15, -0.1) is 0 Å². The fraction of sp³-hybridized carbons (Fsp3) is 0.370. The monoisotopic (exact) mass is 472 g/mol. The second-order valence-corrected chi connectivity index (χ2v) is 9.13. The molecule has 0 aliphatic carbocycles. The summed E-state index contributed by atoms with van der Waals surface area (Å²) < 4.78 is 9.95. The Kier molecular flexibility index (Phi) is 6.81. The molecule has 35 heavy (non-hydrogen) atoms. The van der Waals surface area contributed by atoms with Crippen LogP contribution >= 0.6 is 0 Å². The van der Waals surface area contributed by atoms with Crippen LogP contribution in [0.3, 0.4) is 0 Å². The van der Waals surface area contributed by atoms with Crippen molar-refractivity contribution in [1.29, 1.82) is 0 Å². The van der Waals surface area contributed by atoms with E-state index in [-0.39, 0.29) is 12.1 Å². The van der Waals surface area contributed by atoms with E-state index in [1.165, 1.54) is 12.5 Å². The largest absolute Gasteiger partial charge is 0.383 e. The number of carbonyl (C=O) groups is 1. The van der Waals surface area contributed by atoms with Crippen LogP contribution in [0.4, 0.5) is 5.69 Å². The van der Waals surface area contributed by atoms with Gasteiger partial charge in [-0.25, -0.2) is 4.68 Å². The van der Waals surface area contributed by atoms with Crippen molar-refractivity contribution in [1.82, 2.24) is 24.9 Å². The molecule has 8 heteroatoms. The van der Waals surface area contributed by atoms with Crippen LogP contribution in [-0.2, 0) is 23.0 Å². The molecule has 1 unspecified atom stereocenters. The minimum atomic E-state index is -0.0217. The molecule has 2 N–H and O–H groups in total. The van der Waals surface area contributed by atoms with E-state index in [1.807, 2.05) is 24.1 Å². The molecule has 0 radical (unpaired) electrons. The average molecular weight is 473 g/mol. The molecule has 0 bridgehead atoms. The summed E-state index contributed by atoms with van der Waals surface area (Å²) in [5.74, 6) is -0.0205. The van der Waals surface area contributed by atoms with E-state index in [1.54, 1.807) is 0 Å². The van der Waals surface area contributed by atoms with E-state index in [2.05, 4.69) is 62.9 Å². The third kappa shape index (κ3) is 5.38. The molecule has 4 aromatic rings. The van der Waals surface area contributed by atoms with E-state index < -0.39 is 0 Å². The van der Waals surface area contributed by atoms with Crippen molar-refractivity contribution in [2.45, 2.75) is 38.8 Å². The topological polar surface area (TPSA) is 86.0 Å². The lowest BCUT2D eigenvalue weighted by molar-refractivity contribution is -0.118. The van der Waals surface area contributed by atoms with E-state index >= 15 is 0 Å². The zero-order valence-corrected chi connectivity index (χ0v) is 20.3. The minimum absolute atomic E-state index is 0.0205. The van der Waals surface area contributed by atoms with Crippen molar-refractivity contribution in [3.05, 3.63) is 66.1 Å². The lowest BCUT2D eigenvalue weighted by Crippen LogP contribution is -2.26. The molecule has 2 aromatic carbocycles. The third-order valence-electron chi connectivity index (χ3n) is 6.40. The van der Waals surface area contributed by atoms with Crippen LogP contribution in [0.15, 0.2) is 54.9 Å². The number of rotatable bonds is 8. The Morgan fingerprint density at radius 3 is 2.69 bits per heavy atom. The molecule has 5 rings (SSSR count). The van der Waals surface area contributed by atoms with Crippen molar-refractivity contribution in [2.24, 2.45) is 7.05 Å². The SMILES string of the molecule is CC(=O)NCCNc1ccc2c(c1)c(Cc1ccc(-c3cnn(C)c3)cc1)nn2C1CCCCO1. The van der Waals surface area contributed by atoms with Crippen molar-refractivity contribution in [2.75, 3.05) is 25.0 Å². The fourth-order valence-corrected chi connectivity index (χ4v) is 4.61. The van der Waals surface area contributed by atoms with Crippen LogP contribution in [0, 0.1) is 0 Å². The quantitative estimate of drug-likeness (QED) is 0.374. The number of nitrogens with zero attached hydrogens (tertiary/aromatic N) is 4. The zero-order valence-electron chi connectivity index (χ0n) is 20.3.